The third-order valence-electron chi connectivity index (χ3n) is 4.00. The number of phenolic OH excluding ortho intramolecular Hbond substituents is 1. The number of hydrogen-bond donors (Lipinski definition) is 3. The predicted octanol–water partition coefficient (Wildman–Crippen LogP) is 3.76. The summed E-state index contributed by atoms with van der Waals surface area (Å²) < 4.78 is 10.2. The molecule has 0 radical (unpaired) electrons. The Hall–Kier alpha value is -4.41. The minimum atomic E-state index is -0.973. The standard InChI is InChI=1S/C20H19N5O6/c1-3-31-19(27)16-17(25(28)29)18(22-14-9-4-5-10-15(14)30-2)24-20(23-16)21-12-7-6-8-13(26)11-12/h4-11,26H,3H2,1-2H3,(H2,21,22,23,24). The van der Waals surface area contributed by atoms with E-state index in [-0.39, 0.29) is 24.1 Å². The molecule has 0 bridgehead atoms. The number of aromatic nitrogens is 2. The van der Waals surface area contributed by atoms with E-state index in [1.807, 2.05) is 0 Å². The summed E-state index contributed by atoms with van der Waals surface area (Å²) in [5, 5.41) is 27.1. The van der Waals surface area contributed by atoms with Crippen molar-refractivity contribution in [1.82, 2.24) is 9.97 Å². The molecule has 0 fully saturated rings. The van der Waals surface area contributed by atoms with Crippen LogP contribution in [0.15, 0.2) is 48.5 Å². The summed E-state index contributed by atoms with van der Waals surface area (Å²) in [7, 11) is 1.45. The van der Waals surface area contributed by atoms with Crippen molar-refractivity contribution >= 4 is 34.8 Å². The van der Waals surface area contributed by atoms with Gasteiger partial charge in [-0.1, -0.05) is 18.2 Å². The molecule has 0 aliphatic heterocycles. The van der Waals surface area contributed by atoms with E-state index in [2.05, 4.69) is 20.6 Å². The van der Waals surface area contributed by atoms with Crippen LogP contribution in [0.2, 0.25) is 0 Å². The third-order valence-corrected chi connectivity index (χ3v) is 4.00. The lowest BCUT2D eigenvalue weighted by Gasteiger charge is -2.13. The van der Waals surface area contributed by atoms with Gasteiger partial charge in [0, 0.05) is 11.8 Å². The first-order valence-corrected chi connectivity index (χ1v) is 9.12. The fraction of sp³-hybridized carbons (Fsp3) is 0.150. The van der Waals surface area contributed by atoms with Crippen LogP contribution < -0.4 is 15.4 Å². The number of nitrogens with one attached hydrogen (secondary N) is 2. The molecule has 160 valence electrons. The molecule has 2 aromatic carbocycles. The number of hydrogen-bond acceptors (Lipinski definition) is 10. The second-order valence-electron chi connectivity index (χ2n) is 6.07. The van der Waals surface area contributed by atoms with Gasteiger partial charge in [0.15, 0.2) is 0 Å². The Bertz CT molecular complexity index is 1120. The number of benzene rings is 2. The first-order valence-electron chi connectivity index (χ1n) is 9.12. The highest BCUT2D eigenvalue weighted by Crippen LogP contribution is 2.34. The molecule has 0 unspecified atom stereocenters. The average molecular weight is 425 g/mol. The Kier molecular flexibility index (Phi) is 6.45. The molecule has 31 heavy (non-hydrogen) atoms. The van der Waals surface area contributed by atoms with E-state index in [9.17, 15) is 20.0 Å². The minimum absolute atomic E-state index is 0.00454. The number of methoxy groups -OCH3 is 1. The largest absolute Gasteiger partial charge is 0.508 e. The van der Waals surface area contributed by atoms with Crippen LogP contribution in [0, 0.1) is 10.1 Å². The number of phenols is 1. The van der Waals surface area contributed by atoms with Gasteiger partial charge in [-0.25, -0.2) is 4.79 Å². The van der Waals surface area contributed by atoms with E-state index < -0.39 is 22.3 Å². The zero-order valence-electron chi connectivity index (χ0n) is 16.7. The molecule has 1 aromatic heterocycles. The quantitative estimate of drug-likeness (QED) is 0.276. The molecule has 0 aliphatic carbocycles. The molecule has 11 nitrogen and oxygen atoms in total. The van der Waals surface area contributed by atoms with Gasteiger partial charge >= 0.3 is 11.7 Å². The molecular weight excluding hydrogens is 406 g/mol. The highest BCUT2D eigenvalue weighted by molar-refractivity contribution is 5.95. The number of carbonyl (C=O) groups excluding carboxylic acids is 1. The molecule has 0 atom stereocenters. The number of nitrogens with zero attached hydrogens (tertiary/aromatic N) is 3. The lowest BCUT2D eigenvalue weighted by molar-refractivity contribution is -0.384. The van der Waals surface area contributed by atoms with Crippen LogP contribution in [0.1, 0.15) is 17.4 Å². The Morgan fingerprint density at radius 1 is 1.16 bits per heavy atom. The van der Waals surface area contributed by atoms with Crippen molar-refractivity contribution < 1.29 is 24.3 Å². The van der Waals surface area contributed by atoms with Crippen molar-refractivity contribution in [3.8, 4) is 11.5 Å². The van der Waals surface area contributed by atoms with Gasteiger partial charge in [-0.05, 0) is 31.2 Å². The molecule has 0 spiro atoms. The first-order chi connectivity index (χ1) is 14.9. The third kappa shape index (κ3) is 4.96. The van der Waals surface area contributed by atoms with Crippen LogP contribution in [0.5, 0.6) is 11.5 Å². The van der Waals surface area contributed by atoms with Gasteiger partial charge in [-0.2, -0.15) is 9.97 Å². The van der Waals surface area contributed by atoms with E-state index >= 15 is 0 Å². The van der Waals surface area contributed by atoms with Crippen LogP contribution in [0.4, 0.5) is 28.8 Å². The van der Waals surface area contributed by atoms with Crippen LogP contribution in [-0.2, 0) is 4.74 Å². The zero-order valence-corrected chi connectivity index (χ0v) is 16.7. The predicted molar refractivity (Wildman–Crippen MR) is 112 cm³/mol. The monoisotopic (exact) mass is 425 g/mol. The maximum Gasteiger partial charge on any atom is 0.364 e. The summed E-state index contributed by atoms with van der Waals surface area (Å²) in [6.45, 7) is 1.58. The normalized spacial score (nSPS) is 10.3. The van der Waals surface area contributed by atoms with Gasteiger partial charge in [-0.3, -0.25) is 10.1 Å². The van der Waals surface area contributed by atoms with Crippen LogP contribution in [-0.4, -0.2) is 39.7 Å². The first kappa shape index (κ1) is 21.3. The smallest absolute Gasteiger partial charge is 0.364 e. The fourth-order valence-electron chi connectivity index (χ4n) is 2.70. The highest BCUT2D eigenvalue weighted by atomic mass is 16.6. The van der Waals surface area contributed by atoms with Crippen LogP contribution >= 0.6 is 0 Å². The van der Waals surface area contributed by atoms with Crippen molar-refractivity contribution in [2.75, 3.05) is 24.4 Å². The average Bonchev–Trinajstić information content (AvgIpc) is 2.73. The van der Waals surface area contributed by atoms with Gasteiger partial charge in [0.2, 0.25) is 17.5 Å². The van der Waals surface area contributed by atoms with Gasteiger partial charge < -0.3 is 25.2 Å². The van der Waals surface area contributed by atoms with Crippen molar-refractivity contribution in [2.24, 2.45) is 0 Å². The van der Waals surface area contributed by atoms with Gasteiger partial charge in [0.05, 0.1) is 24.3 Å². The SMILES string of the molecule is CCOC(=O)c1nc(Nc2cccc(O)c2)nc(Nc2ccccc2OC)c1[N+](=O)[O-]. The molecule has 0 amide bonds. The Morgan fingerprint density at radius 2 is 1.94 bits per heavy atom. The fourth-order valence-corrected chi connectivity index (χ4v) is 2.70. The zero-order chi connectivity index (χ0) is 22.4. The summed E-state index contributed by atoms with van der Waals surface area (Å²) in [4.78, 5) is 31.6. The highest BCUT2D eigenvalue weighted by Gasteiger charge is 2.31. The second kappa shape index (κ2) is 9.39. The minimum Gasteiger partial charge on any atom is -0.508 e. The van der Waals surface area contributed by atoms with E-state index in [1.54, 1.807) is 43.3 Å². The van der Waals surface area contributed by atoms with E-state index in [4.69, 9.17) is 9.47 Å². The number of anilines is 4. The van der Waals surface area contributed by atoms with E-state index in [0.717, 1.165) is 0 Å². The number of ether oxygens (including phenoxy) is 2. The van der Waals surface area contributed by atoms with Gasteiger partial charge in [-0.15, -0.1) is 0 Å². The number of para-hydroxylation sites is 2. The van der Waals surface area contributed by atoms with Gasteiger partial charge in [0.1, 0.15) is 11.5 Å². The summed E-state index contributed by atoms with van der Waals surface area (Å²) in [5.41, 5.74) is -0.371. The molecule has 3 rings (SSSR count). The van der Waals surface area contributed by atoms with Crippen molar-refractivity contribution in [1.29, 1.82) is 0 Å². The number of carbonyl (C=O) groups is 1. The molecule has 1 heterocycles. The molecular formula is C20H19N5O6. The molecule has 0 saturated heterocycles. The molecule has 11 heteroatoms. The van der Waals surface area contributed by atoms with E-state index in [0.29, 0.717) is 17.1 Å². The number of nitro groups is 1. The van der Waals surface area contributed by atoms with Crippen LogP contribution in [0.25, 0.3) is 0 Å². The topological polar surface area (TPSA) is 149 Å². The molecule has 0 aliphatic rings. The lowest BCUT2D eigenvalue weighted by Crippen LogP contribution is -2.15. The summed E-state index contributed by atoms with van der Waals surface area (Å²) in [5.74, 6) is -0.925. The summed E-state index contributed by atoms with van der Waals surface area (Å²) in [6, 6.07) is 12.8. The van der Waals surface area contributed by atoms with Crippen LogP contribution in [0.3, 0.4) is 0 Å². The van der Waals surface area contributed by atoms with Crippen molar-refractivity contribution in [3.63, 3.8) is 0 Å². The van der Waals surface area contributed by atoms with Gasteiger partial charge in [0.25, 0.3) is 0 Å². The molecule has 3 N–H and O–H groups in total. The maximum atomic E-state index is 12.4. The van der Waals surface area contributed by atoms with E-state index in [1.165, 1.54) is 19.2 Å². The Labute approximate surface area is 176 Å². The van der Waals surface area contributed by atoms with Crippen molar-refractivity contribution in [3.05, 3.63) is 64.3 Å². The maximum absolute atomic E-state index is 12.4. The lowest BCUT2D eigenvalue weighted by atomic mass is 10.2. The second-order valence-corrected chi connectivity index (χ2v) is 6.07. The van der Waals surface area contributed by atoms with Crippen molar-refractivity contribution in [2.45, 2.75) is 6.92 Å². The number of rotatable bonds is 8. The molecule has 0 saturated carbocycles. The number of aromatic hydroxyl groups is 1. The summed E-state index contributed by atoms with van der Waals surface area (Å²) in [6.07, 6.45) is 0. The molecule has 3 aromatic rings. The summed E-state index contributed by atoms with van der Waals surface area (Å²) >= 11 is 0. The Balaban J connectivity index is 2.14. The Morgan fingerprint density at radius 3 is 2.61 bits per heavy atom. The number of esters is 1.